The molecule has 8 nitrogen and oxygen atoms in total. The zero-order valence-corrected chi connectivity index (χ0v) is 15.5. The summed E-state index contributed by atoms with van der Waals surface area (Å²) in [7, 11) is 0. The highest BCUT2D eigenvalue weighted by Crippen LogP contribution is 2.35. The monoisotopic (exact) mass is 381 g/mol. The molecule has 2 aromatic heterocycles. The SMILES string of the molecule is CC(C)(C(=O)NCc1ccco1)n1nc(-c2ccc3c(c2)OCO3)ccc1=O. The van der Waals surface area contributed by atoms with Crippen LogP contribution in [0.25, 0.3) is 11.3 Å². The first-order chi connectivity index (χ1) is 13.4. The van der Waals surface area contributed by atoms with Gasteiger partial charge in [0, 0.05) is 11.6 Å². The molecule has 4 rings (SSSR count). The Labute approximate surface area is 160 Å². The first-order valence-corrected chi connectivity index (χ1v) is 8.77. The van der Waals surface area contributed by atoms with E-state index in [1.165, 1.54) is 17.0 Å². The van der Waals surface area contributed by atoms with Gasteiger partial charge >= 0.3 is 0 Å². The molecule has 8 heteroatoms. The summed E-state index contributed by atoms with van der Waals surface area (Å²) < 4.78 is 17.1. The van der Waals surface area contributed by atoms with E-state index >= 15 is 0 Å². The summed E-state index contributed by atoms with van der Waals surface area (Å²) in [6, 6.07) is 11.9. The van der Waals surface area contributed by atoms with Crippen LogP contribution in [-0.4, -0.2) is 22.5 Å². The maximum atomic E-state index is 12.7. The molecular weight excluding hydrogens is 362 g/mol. The molecule has 3 aromatic rings. The van der Waals surface area contributed by atoms with Crippen molar-refractivity contribution in [2.75, 3.05) is 6.79 Å². The van der Waals surface area contributed by atoms with Crippen LogP contribution < -0.4 is 20.3 Å². The fourth-order valence-electron chi connectivity index (χ4n) is 2.91. The molecule has 144 valence electrons. The maximum absolute atomic E-state index is 12.7. The van der Waals surface area contributed by atoms with E-state index in [2.05, 4.69) is 10.4 Å². The van der Waals surface area contributed by atoms with Gasteiger partial charge in [-0.15, -0.1) is 0 Å². The Morgan fingerprint density at radius 3 is 2.79 bits per heavy atom. The highest BCUT2D eigenvalue weighted by Gasteiger charge is 2.32. The van der Waals surface area contributed by atoms with Gasteiger partial charge < -0.3 is 19.2 Å². The van der Waals surface area contributed by atoms with Crippen LogP contribution in [0.3, 0.4) is 0 Å². The summed E-state index contributed by atoms with van der Waals surface area (Å²) in [5.74, 6) is 1.56. The molecular formula is C20H19N3O5. The Kier molecular flexibility index (Phi) is 4.38. The molecule has 0 fully saturated rings. The van der Waals surface area contributed by atoms with Crippen molar-refractivity contribution in [2.45, 2.75) is 25.9 Å². The number of hydrogen-bond acceptors (Lipinski definition) is 6. The minimum Gasteiger partial charge on any atom is -0.467 e. The van der Waals surface area contributed by atoms with Crippen molar-refractivity contribution in [3.8, 4) is 22.8 Å². The minimum atomic E-state index is -1.20. The van der Waals surface area contributed by atoms with Gasteiger partial charge in [-0.1, -0.05) is 0 Å². The summed E-state index contributed by atoms with van der Waals surface area (Å²) >= 11 is 0. The number of amides is 1. The van der Waals surface area contributed by atoms with E-state index in [0.717, 1.165) is 5.56 Å². The van der Waals surface area contributed by atoms with Gasteiger partial charge in [0.1, 0.15) is 11.3 Å². The van der Waals surface area contributed by atoms with E-state index in [1.54, 1.807) is 44.2 Å². The zero-order chi connectivity index (χ0) is 19.7. The highest BCUT2D eigenvalue weighted by molar-refractivity contribution is 5.83. The van der Waals surface area contributed by atoms with E-state index in [4.69, 9.17) is 13.9 Å². The van der Waals surface area contributed by atoms with Gasteiger partial charge in [0.25, 0.3) is 5.56 Å². The molecule has 0 unspecified atom stereocenters. The first-order valence-electron chi connectivity index (χ1n) is 8.77. The Bertz CT molecular complexity index is 1070. The Balaban J connectivity index is 1.62. The third-order valence-electron chi connectivity index (χ3n) is 4.56. The second-order valence-corrected chi connectivity index (χ2v) is 6.86. The topological polar surface area (TPSA) is 95.6 Å². The molecule has 0 bridgehead atoms. The molecule has 1 N–H and O–H groups in total. The third kappa shape index (κ3) is 3.24. The largest absolute Gasteiger partial charge is 0.467 e. The Hall–Kier alpha value is -3.55. The third-order valence-corrected chi connectivity index (χ3v) is 4.56. The van der Waals surface area contributed by atoms with Gasteiger partial charge in [-0.05, 0) is 50.2 Å². The van der Waals surface area contributed by atoms with Crippen molar-refractivity contribution >= 4 is 5.91 Å². The number of nitrogens with one attached hydrogen (secondary N) is 1. The first kappa shape index (κ1) is 17.8. The number of benzene rings is 1. The lowest BCUT2D eigenvalue weighted by Gasteiger charge is -2.25. The number of fused-ring (bicyclic) bond motifs is 1. The van der Waals surface area contributed by atoms with Crippen molar-refractivity contribution in [2.24, 2.45) is 0 Å². The normalized spacial score (nSPS) is 12.8. The number of hydrogen-bond donors (Lipinski definition) is 1. The number of carbonyl (C=O) groups is 1. The maximum Gasteiger partial charge on any atom is 0.267 e. The predicted octanol–water partition coefficient (Wildman–Crippen LogP) is 2.28. The minimum absolute atomic E-state index is 0.175. The molecule has 3 heterocycles. The van der Waals surface area contributed by atoms with Gasteiger partial charge in [0.2, 0.25) is 12.7 Å². The molecule has 0 radical (unpaired) electrons. The smallest absolute Gasteiger partial charge is 0.267 e. The lowest BCUT2D eigenvalue weighted by atomic mass is 10.0. The molecule has 1 amide bonds. The van der Waals surface area contributed by atoms with E-state index in [0.29, 0.717) is 23.0 Å². The van der Waals surface area contributed by atoms with Crippen LogP contribution in [0.15, 0.2) is 57.9 Å². The van der Waals surface area contributed by atoms with E-state index in [-0.39, 0.29) is 24.8 Å². The summed E-state index contributed by atoms with van der Waals surface area (Å²) in [6.07, 6.45) is 1.54. The fourth-order valence-corrected chi connectivity index (χ4v) is 2.91. The van der Waals surface area contributed by atoms with Crippen LogP contribution in [0.4, 0.5) is 0 Å². The lowest BCUT2D eigenvalue weighted by Crippen LogP contribution is -2.49. The van der Waals surface area contributed by atoms with E-state index in [9.17, 15) is 9.59 Å². The number of carbonyl (C=O) groups excluding carboxylic acids is 1. The summed E-state index contributed by atoms with van der Waals surface area (Å²) in [4.78, 5) is 25.2. The fraction of sp³-hybridized carbons (Fsp3) is 0.250. The second-order valence-electron chi connectivity index (χ2n) is 6.86. The quantitative estimate of drug-likeness (QED) is 0.729. The number of aromatic nitrogens is 2. The van der Waals surface area contributed by atoms with E-state index < -0.39 is 5.54 Å². The zero-order valence-electron chi connectivity index (χ0n) is 15.5. The molecule has 0 atom stereocenters. The van der Waals surface area contributed by atoms with Crippen LogP contribution in [-0.2, 0) is 16.9 Å². The number of nitrogens with zero attached hydrogens (tertiary/aromatic N) is 2. The Morgan fingerprint density at radius 1 is 1.18 bits per heavy atom. The number of furan rings is 1. The van der Waals surface area contributed by atoms with Gasteiger partial charge in [-0.2, -0.15) is 5.10 Å². The predicted molar refractivity (Wildman–Crippen MR) is 99.9 cm³/mol. The average molecular weight is 381 g/mol. The molecule has 0 spiro atoms. The van der Waals surface area contributed by atoms with Crippen molar-refractivity contribution in [3.63, 3.8) is 0 Å². The van der Waals surface area contributed by atoms with Crippen molar-refractivity contribution in [1.29, 1.82) is 0 Å². The van der Waals surface area contributed by atoms with Crippen LogP contribution in [0, 0.1) is 0 Å². The molecule has 1 aliphatic heterocycles. The Morgan fingerprint density at radius 2 is 2.00 bits per heavy atom. The summed E-state index contributed by atoms with van der Waals surface area (Å²) in [5, 5.41) is 7.20. The van der Waals surface area contributed by atoms with Crippen molar-refractivity contribution < 1.29 is 18.7 Å². The molecule has 1 aliphatic rings. The van der Waals surface area contributed by atoms with Crippen LogP contribution in [0.2, 0.25) is 0 Å². The molecule has 1 aromatic carbocycles. The van der Waals surface area contributed by atoms with E-state index in [1.807, 2.05) is 6.07 Å². The van der Waals surface area contributed by atoms with Crippen molar-refractivity contribution in [1.82, 2.24) is 15.1 Å². The average Bonchev–Trinajstić information content (AvgIpc) is 3.37. The number of ether oxygens (including phenoxy) is 2. The molecule has 0 aliphatic carbocycles. The highest BCUT2D eigenvalue weighted by atomic mass is 16.7. The van der Waals surface area contributed by atoms with Crippen LogP contribution in [0.1, 0.15) is 19.6 Å². The summed E-state index contributed by atoms with van der Waals surface area (Å²) in [6.45, 7) is 3.69. The standard InChI is InChI=1S/C20H19N3O5/c1-20(2,19(25)21-11-14-4-3-9-26-14)23-18(24)8-6-15(22-23)13-5-7-16-17(10-13)28-12-27-16/h3-10H,11-12H2,1-2H3,(H,21,25). The van der Waals surface area contributed by atoms with Gasteiger partial charge in [0.15, 0.2) is 11.5 Å². The lowest BCUT2D eigenvalue weighted by molar-refractivity contribution is -0.129. The number of rotatable bonds is 5. The van der Waals surface area contributed by atoms with Gasteiger partial charge in [0.05, 0.1) is 18.5 Å². The second kappa shape index (κ2) is 6.88. The summed E-state index contributed by atoms with van der Waals surface area (Å²) in [5.41, 5.74) is -0.270. The molecule has 28 heavy (non-hydrogen) atoms. The molecule has 0 saturated heterocycles. The van der Waals surface area contributed by atoms with Crippen LogP contribution in [0.5, 0.6) is 11.5 Å². The molecule has 0 saturated carbocycles. The van der Waals surface area contributed by atoms with Gasteiger partial charge in [-0.25, -0.2) is 4.68 Å². The van der Waals surface area contributed by atoms with Crippen molar-refractivity contribution in [3.05, 3.63) is 64.8 Å². The van der Waals surface area contributed by atoms with Gasteiger partial charge in [-0.3, -0.25) is 9.59 Å². The van der Waals surface area contributed by atoms with Crippen LogP contribution >= 0.6 is 0 Å².